The van der Waals surface area contributed by atoms with E-state index in [2.05, 4.69) is 10.1 Å². The summed E-state index contributed by atoms with van der Waals surface area (Å²) >= 11 is 6.04. The third-order valence-electron chi connectivity index (χ3n) is 3.36. The standard InChI is InChI=1S/C18H18ClNO6/c1-23-12-7-13(24-2)9-14(8-12)26-10-17(21)20-16-6-11(18(22)25-3)4-5-15(16)19/h4-9H,10H2,1-3H3,(H,20,21). The number of carbonyl (C=O) groups excluding carboxylic acids is 2. The summed E-state index contributed by atoms with van der Waals surface area (Å²) in [5, 5.41) is 2.88. The minimum Gasteiger partial charge on any atom is -0.496 e. The topological polar surface area (TPSA) is 83.1 Å². The number of methoxy groups -OCH3 is 3. The monoisotopic (exact) mass is 379 g/mol. The van der Waals surface area contributed by atoms with E-state index >= 15 is 0 Å². The fraction of sp³-hybridized carbons (Fsp3) is 0.222. The van der Waals surface area contributed by atoms with Crippen LogP contribution >= 0.6 is 11.6 Å². The Morgan fingerprint density at radius 3 is 2.15 bits per heavy atom. The van der Waals surface area contributed by atoms with Crippen molar-refractivity contribution in [2.24, 2.45) is 0 Å². The number of rotatable bonds is 7. The van der Waals surface area contributed by atoms with Crippen molar-refractivity contribution >= 4 is 29.2 Å². The molecule has 2 aromatic carbocycles. The second kappa shape index (κ2) is 8.96. The number of hydrogen-bond acceptors (Lipinski definition) is 6. The Morgan fingerprint density at radius 2 is 1.58 bits per heavy atom. The lowest BCUT2D eigenvalue weighted by molar-refractivity contribution is -0.118. The van der Waals surface area contributed by atoms with E-state index in [1.165, 1.54) is 39.5 Å². The highest BCUT2D eigenvalue weighted by Crippen LogP contribution is 2.27. The molecular formula is C18H18ClNO6. The molecule has 0 saturated heterocycles. The van der Waals surface area contributed by atoms with Crippen molar-refractivity contribution in [3.05, 3.63) is 47.0 Å². The highest BCUT2D eigenvalue weighted by molar-refractivity contribution is 6.33. The van der Waals surface area contributed by atoms with E-state index in [4.69, 9.17) is 25.8 Å². The maximum Gasteiger partial charge on any atom is 0.337 e. The van der Waals surface area contributed by atoms with Crippen LogP contribution in [-0.2, 0) is 9.53 Å². The van der Waals surface area contributed by atoms with Gasteiger partial charge in [0.1, 0.15) is 17.2 Å². The van der Waals surface area contributed by atoms with E-state index in [0.717, 1.165) is 0 Å². The zero-order valence-corrected chi connectivity index (χ0v) is 15.3. The smallest absolute Gasteiger partial charge is 0.337 e. The Kier molecular flexibility index (Phi) is 6.68. The van der Waals surface area contributed by atoms with Gasteiger partial charge in [-0.1, -0.05) is 11.6 Å². The van der Waals surface area contributed by atoms with E-state index < -0.39 is 11.9 Å². The molecule has 0 radical (unpaired) electrons. The highest BCUT2D eigenvalue weighted by Gasteiger charge is 2.12. The van der Waals surface area contributed by atoms with Crippen LogP contribution < -0.4 is 19.5 Å². The maximum absolute atomic E-state index is 12.1. The Balaban J connectivity index is 2.04. The molecule has 0 aromatic heterocycles. The normalized spacial score (nSPS) is 10.0. The number of ether oxygens (including phenoxy) is 4. The van der Waals surface area contributed by atoms with Crippen molar-refractivity contribution in [3.8, 4) is 17.2 Å². The second-order valence-electron chi connectivity index (χ2n) is 5.07. The molecule has 0 aliphatic carbocycles. The molecule has 0 aliphatic heterocycles. The molecule has 7 nitrogen and oxygen atoms in total. The van der Waals surface area contributed by atoms with E-state index in [-0.39, 0.29) is 22.9 Å². The Bertz CT molecular complexity index is 786. The average molecular weight is 380 g/mol. The molecule has 0 aliphatic rings. The number of halogens is 1. The van der Waals surface area contributed by atoms with Crippen molar-refractivity contribution in [3.63, 3.8) is 0 Å². The van der Waals surface area contributed by atoms with Gasteiger partial charge < -0.3 is 24.3 Å². The number of carbonyl (C=O) groups is 2. The minimum atomic E-state index is -0.531. The molecule has 0 atom stereocenters. The van der Waals surface area contributed by atoms with Crippen LogP contribution in [0.25, 0.3) is 0 Å². The molecule has 0 fully saturated rings. The highest BCUT2D eigenvalue weighted by atomic mass is 35.5. The second-order valence-corrected chi connectivity index (χ2v) is 5.48. The molecule has 2 rings (SSSR count). The molecule has 138 valence electrons. The number of anilines is 1. The van der Waals surface area contributed by atoms with Crippen molar-refractivity contribution in [2.75, 3.05) is 33.3 Å². The van der Waals surface area contributed by atoms with Crippen molar-refractivity contribution in [1.29, 1.82) is 0 Å². The molecule has 8 heteroatoms. The van der Waals surface area contributed by atoms with Crippen LogP contribution in [0.1, 0.15) is 10.4 Å². The summed E-state index contributed by atoms with van der Waals surface area (Å²) in [6.45, 7) is -0.269. The first kappa shape index (κ1) is 19.4. The van der Waals surface area contributed by atoms with Crippen molar-refractivity contribution in [1.82, 2.24) is 0 Å². The van der Waals surface area contributed by atoms with Crippen LogP contribution in [0.5, 0.6) is 17.2 Å². The van der Waals surface area contributed by atoms with Gasteiger partial charge in [0.25, 0.3) is 5.91 Å². The van der Waals surface area contributed by atoms with Crippen molar-refractivity contribution < 1.29 is 28.5 Å². The summed E-state index contributed by atoms with van der Waals surface area (Å²) in [4.78, 5) is 23.7. The number of amides is 1. The van der Waals surface area contributed by atoms with E-state index in [0.29, 0.717) is 17.2 Å². The predicted molar refractivity (Wildman–Crippen MR) is 96.5 cm³/mol. The molecule has 0 unspecified atom stereocenters. The van der Waals surface area contributed by atoms with Crippen molar-refractivity contribution in [2.45, 2.75) is 0 Å². The van der Waals surface area contributed by atoms with Crippen LogP contribution in [0, 0.1) is 0 Å². The molecule has 0 bridgehead atoms. The minimum absolute atomic E-state index is 0.269. The average Bonchev–Trinajstić information content (AvgIpc) is 2.67. The Labute approximate surface area is 155 Å². The predicted octanol–water partition coefficient (Wildman–Crippen LogP) is 3.16. The lowest BCUT2D eigenvalue weighted by Gasteiger charge is -2.11. The van der Waals surface area contributed by atoms with Gasteiger partial charge in [0.2, 0.25) is 0 Å². The van der Waals surface area contributed by atoms with Gasteiger partial charge in [-0.3, -0.25) is 4.79 Å². The Hall–Kier alpha value is -2.93. The molecular weight excluding hydrogens is 362 g/mol. The summed E-state index contributed by atoms with van der Waals surface area (Å²) in [7, 11) is 4.30. The molecule has 0 saturated carbocycles. The first-order valence-corrected chi connectivity index (χ1v) is 7.88. The van der Waals surface area contributed by atoms with E-state index in [9.17, 15) is 9.59 Å². The molecule has 0 heterocycles. The first-order valence-electron chi connectivity index (χ1n) is 7.50. The molecule has 26 heavy (non-hydrogen) atoms. The van der Waals surface area contributed by atoms with Crippen LogP contribution in [0.15, 0.2) is 36.4 Å². The third kappa shape index (κ3) is 5.03. The largest absolute Gasteiger partial charge is 0.496 e. The molecule has 2 aromatic rings. The number of nitrogens with one attached hydrogen (secondary N) is 1. The fourth-order valence-electron chi connectivity index (χ4n) is 2.07. The van der Waals surface area contributed by atoms with E-state index in [1.807, 2.05) is 0 Å². The Morgan fingerprint density at radius 1 is 0.962 bits per heavy atom. The zero-order chi connectivity index (χ0) is 19.1. The lowest BCUT2D eigenvalue weighted by atomic mass is 10.2. The van der Waals surface area contributed by atoms with Gasteiger partial charge in [0.15, 0.2) is 6.61 Å². The van der Waals surface area contributed by atoms with Crippen LogP contribution in [0.4, 0.5) is 5.69 Å². The van der Waals surface area contributed by atoms with Gasteiger partial charge >= 0.3 is 5.97 Å². The molecule has 1 N–H and O–H groups in total. The van der Waals surface area contributed by atoms with Gasteiger partial charge in [0.05, 0.1) is 37.6 Å². The third-order valence-corrected chi connectivity index (χ3v) is 3.69. The quantitative estimate of drug-likeness (QED) is 0.744. The SMILES string of the molecule is COC(=O)c1ccc(Cl)c(NC(=O)COc2cc(OC)cc(OC)c2)c1. The summed E-state index contributed by atoms with van der Waals surface area (Å²) < 4.78 is 20.4. The van der Waals surface area contributed by atoms with Gasteiger partial charge in [-0.15, -0.1) is 0 Å². The lowest BCUT2D eigenvalue weighted by Crippen LogP contribution is -2.20. The van der Waals surface area contributed by atoms with Crippen LogP contribution in [0.3, 0.4) is 0 Å². The van der Waals surface area contributed by atoms with E-state index in [1.54, 1.807) is 18.2 Å². The maximum atomic E-state index is 12.1. The molecule has 1 amide bonds. The summed E-state index contributed by atoms with van der Waals surface area (Å²) in [5.74, 6) is 0.500. The summed E-state index contributed by atoms with van der Waals surface area (Å²) in [5.41, 5.74) is 0.553. The summed E-state index contributed by atoms with van der Waals surface area (Å²) in [6, 6.07) is 9.37. The van der Waals surface area contributed by atoms with Gasteiger partial charge in [-0.25, -0.2) is 4.79 Å². The fourth-order valence-corrected chi connectivity index (χ4v) is 2.23. The first-order chi connectivity index (χ1) is 12.5. The zero-order valence-electron chi connectivity index (χ0n) is 14.5. The van der Waals surface area contributed by atoms with Gasteiger partial charge in [0, 0.05) is 18.2 Å². The number of hydrogen-bond donors (Lipinski definition) is 1. The van der Waals surface area contributed by atoms with Crippen LogP contribution in [0.2, 0.25) is 5.02 Å². The number of esters is 1. The van der Waals surface area contributed by atoms with Crippen LogP contribution in [-0.4, -0.2) is 39.8 Å². The molecule has 0 spiro atoms. The van der Waals surface area contributed by atoms with Gasteiger partial charge in [-0.05, 0) is 18.2 Å². The summed E-state index contributed by atoms with van der Waals surface area (Å²) in [6.07, 6.45) is 0. The van der Waals surface area contributed by atoms with Gasteiger partial charge in [-0.2, -0.15) is 0 Å². The number of benzene rings is 2.